The Labute approximate surface area is 198 Å². The Kier molecular flexibility index (Phi) is 6.41. The summed E-state index contributed by atoms with van der Waals surface area (Å²) in [5.74, 6) is -0.802. The van der Waals surface area contributed by atoms with Crippen molar-refractivity contribution < 1.29 is 14.1 Å². The quantitative estimate of drug-likeness (QED) is 0.313. The highest BCUT2D eigenvalue weighted by atomic mass is 32.2. The smallest absolute Gasteiger partial charge is 0.284 e. The monoisotopic (exact) mass is 481 g/mol. The summed E-state index contributed by atoms with van der Waals surface area (Å²) in [6.07, 6.45) is 3.13. The van der Waals surface area contributed by atoms with Crippen LogP contribution < -0.4 is 5.32 Å². The number of hydrogen-bond acceptors (Lipinski definition) is 7. The number of carbonyl (C=O) groups is 1. The third-order valence-electron chi connectivity index (χ3n) is 5.22. The lowest BCUT2D eigenvalue weighted by Crippen LogP contribution is -2.27. The van der Waals surface area contributed by atoms with E-state index in [0.717, 1.165) is 23.0 Å². The van der Waals surface area contributed by atoms with E-state index in [-0.39, 0.29) is 17.1 Å². The van der Waals surface area contributed by atoms with Crippen LogP contribution in [0.4, 0.5) is 10.1 Å². The van der Waals surface area contributed by atoms with Crippen molar-refractivity contribution in [2.75, 3.05) is 0 Å². The molecule has 174 valence electrons. The van der Waals surface area contributed by atoms with Crippen LogP contribution in [-0.4, -0.2) is 35.4 Å². The molecule has 2 aromatic carbocycles. The van der Waals surface area contributed by atoms with E-state index in [9.17, 15) is 19.3 Å². The molecule has 1 atom stereocenters. The van der Waals surface area contributed by atoms with Gasteiger partial charge < -0.3 is 9.88 Å². The van der Waals surface area contributed by atoms with Crippen molar-refractivity contribution in [1.29, 1.82) is 0 Å². The number of rotatable bonds is 7. The van der Waals surface area contributed by atoms with Gasteiger partial charge in [0.2, 0.25) is 0 Å². The van der Waals surface area contributed by atoms with E-state index in [1.165, 1.54) is 36.7 Å². The molecule has 0 aliphatic carbocycles. The van der Waals surface area contributed by atoms with E-state index in [4.69, 9.17) is 0 Å². The molecular weight excluding hydrogens is 461 g/mol. The second kappa shape index (κ2) is 9.43. The molecule has 0 bridgehead atoms. The van der Waals surface area contributed by atoms with Crippen LogP contribution in [0.1, 0.15) is 34.6 Å². The van der Waals surface area contributed by atoms with E-state index >= 15 is 0 Å². The van der Waals surface area contributed by atoms with Crippen LogP contribution in [0.25, 0.3) is 5.69 Å². The molecule has 0 saturated heterocycles. The van der Waals surface area contributed by atoms with Gasteiger partial charge in [-0.05, 0) is 62.0 Å². The summed E-state index contributed by atoms with van der Waals surface area (Å²) in [5.41, 5.74) is 2.19. The Balaban J connectivity index is 1.53. The lowest BCUT2D eigenvalue weighted by Gasteiger charge is -2.14. The molecule has 0 spiro atoms. The van der Waals surface area contributed by atoms with Crippen LogP contribution in [0.15, 0.2) is 65.0 Å². The van der Waals surface area contributed by atoms with Crippen LogP contribution >= 0.6 is 11.8 Å². The third kappa shape index (κ3) is 4.66. The molecule has 0 fully saturated rings. The first kappa shape index (κ1) is 23.1. The van der Waals surface area contributed by atoms with Crippen LogP contribution in [-0.2, 0) is 7.05 Å². The van der Waals surface area contributed by atoms with Gasteiger partial charge in [0.1, 0.15) is 12.1 Å². The molecule has 4 aromatic rings. The number of aryl methyl sites for hydroxylation is 1. The average molecular weight is 482 g/mol. The molecular formula is C22H20FN7O3S. The summed E-state index contributed by atoms with van der Waals surface area (Å²) < 4.78 is 16.5. The van der Waals surface area contributed by atoms with Crippen molar-refractivity contribution >= 4 is 23.4 Å². The van der Waals surface area contributed by atoms with Crippen molar-refractivity contribution in [3.8, 4) is 5.69 Å². The van der Waals surface area contributed by atoms with Gasteiger partial charge in [-0.15, -0.1) is 10.2 Å². The zero-order valence-electron chi connectivity index (χ0n) is 18.5. The van der Waals surface area contributed by atoms with Crippen molar-refractivity contribution in [3.63, 3.8) is 0 Å². The fourth-order valence-corrected chi connectivity index (χ4v) is 4.25. The number of nitro benzene ring substituents is 1. The van der Waals surface area contributed by atoms with Gasteiger partial charge >= 0.3 is 0 Å². The molecule has 0 aliphatic rings. The van der Waals surface area contributed by atoms with Crippen LogP contribution in [0.2, 0.25) is 0 Å². The van der Waals surface area contributed by atoms with E-state index in [0.29, 0.717) is 15.7 Å². The number of nitrogens with one attached hydrogen (secondary N) is 1. The third-order valence-corrected chi connectivity index (χ3v) is 6.34. The van der Waals surface area contributed by atoms with Crippen molar-refractivity contribution in [2.45, 2.75) is 29.9 Å². The number of benzene rings is 2. The largest absolute Gasteiger partial charge is 0.345 e. The van der Waals surface area contributed by atoms with Crippen molar-refractivity contribution in [2.24, 2.45) is 7.05 Å². The predicted octanol–water partition coefficient (Wildman–Crippen LogP) is 4.00. The molecule has 0 saturated carbocycles. The van der Waals surface area contributed by atoms with Gasteiger partial charge in [-0.25, -0.2) is 9.07 Å². The molecule has 2 heterocycles. The molecule has 12 heteroatoms. The summed E-state index contributed by atoms with van der Waals surface area (Å²) in [6, 6.07) is 9.80. The molecule has 1 amide bonds. The number of halogens is 1. The number of hydrogen-bond donors (Lipinski definition) is 1. The molecule has 1 unspecified atom stereocenters. The minimum absolute atomic E-state index is 0.157. The van der Waals surface area contributed by atoms with Gasteiger partial charge in [0.15, 0.2) is 5.16 Å². The second-order valence-electron chi connectivity index (χ2n) is 7.53. The molecule has 4 rings (SSSR count). The number of aromatic nitrogens is 5. The molecule has 34 heavy (non-hydrogen) atoms. The first-order chi connectivity index (χ1) is 16.2. The summed E-state index contributed by atoms with van der Waals surface area (Å²) in [6.45, 7) is 3.64. The minimum atomic E-state index is -0.532. The fraction of sp³-hybridized carbons (Fsp3) is 0.182. The molecule has 2 aromatic heterocycles. The lowest BCUT2D eigenvalue weighted by molar-refractivity contribution is -0.387. The Hall–Kier alpha value is -4.06. The highest BCUT2D eigenvalue weighted by Gasteiger charge is 2.22. The maximum Gasteiger partial charge on any atom is 0.284 e. The van der Waals surface area contributed by atoms with Gasteiger partial charge in [0, 0.05) is 29.9 Å². The lowest BCUT2D eigenvalue weighted by atomic mass is 10.1. The first-order valence-electron chi connectivity index (χ1n) is 10.2. The highest BCUT2D eigenvalue weighted by Crippen LogP contribution is 2.34. The maximum atomic E-state index is 13.2. The Morgan fingerprint density at radius 1 is 1.24 bits per heavy atom. The van der Waals surface area contributed by atoms with E-state index < -0.39 is 16.9 Å². The van der Waals surface area contributed by atoms with Gasteiger partial charge in [-0.2, -0.15) is 5.10 Å². The van der Waals surface area contributed by atoms with Crippen molar-refractivity contribution in [3.05, 3.63) is 87.7 Å². The molecule has 0 radical (unpaired) electrons. The first-order valence-corrected chi connectivity index (χ1v) is 11.0. The Bertz CT molecular complexity index is 1370. The topological polar surface area (TPSA) is 121 Å². The Morgan fingerprint density at radius 2 is 1.97 bits per heavy atom. The van der Waals surface area contributed by atoms with Crippen LogP contribution in [0, 0.1) is 22.9 Å². The molecule has 1 N–H and O–H groups in total. The standard InChI is InChI=1S/C22H20FN7O3S/c1-13(18-11-25-29(14(18)2)17-7-5-16(23)6-8-17)26-21(31)15-4-9-20(19(10-15)30(32)33)34-22-27-24-12-28(22)3/h4-13H,1-3H3,(H,26,31). The predicted molar refractivity (Wildman–Crippen MR) is 122 cm³/mol. The average Bonchev–Trinajstić information content (AvgIpc) is 3.39. The summed E-state index contributed by atoms with van der Waals surface area (Å²) in [4.78, 5) is 24.3. The van der Waals surface area contributed by atoms with Crippen LogP contribution in [0.5, 0.6) is 0 Å². The highest BCUT2D eigenvalue weighted by molar-refractivity contribution is 7.99. The van der Waals surface area contributed by atoms with Gasteiger partial charge in [-0.1, -0.05) is 0 Å². The van der Waals surface area contributed by atoms with E-state index in [1.54, 1.807) is 41.5 Å². The van der Waals surface area contributed by atoms with E-state index in [1.807, 2.05) is 6.92 Å². The normalized spacial score (nSPS) is 11.9. The van der Waals surface area contributed by atoms with Gasteiger partial charge in [0.05, 0.1) is 27.7 Å². The molecule has 10 nitrogen and oxygen atoms in total. The SMILES string of the molecule is Cc1c(C(C)NC(=O)c2ccc(Sc3nncn3C)c([N+](=O)[O-])c2)cnn1-c1ccc(F)cc1. The maximum absolute atomic E-state index is 13.2. The number of nitro groups is 1. The summed E-state index contributed by atoms with van der Waals surface area (Å²) in [5, 5.41) is 27.0. The zero-order chi connectivity index (χ0) is 24.4. The minimum Gasteiger partial charge on any atom is -0.345 e. The number of amides is 1. The fourth-order valence-electron chi connectivity index (χ4n) is 3.40. The summed E-state index contributed by atoms with van der Waals surface area (Å²) >= 11 is 1.09. The van der Waals surface area contributed by atoms with E-state index in [2.05, 4.69) is 20.6 Å². The zero-order valence-corrected chi connectivity index (χ0v) is 19.3. The Morgan fingerprint density at radius 3 is 2.62 bits per heavy atom. The summed E-state index contributed by atoms with van der Waals surface area (Å²) in [7, 11) is 1.73. The second-order valence-corrected chi connectivity index (χ2v) is 8.54. The number of carbonyl (C=O) groups excluding carboxylic acids is 1. The van der Waals surface area contributed by atoms with Gasteiger partial charge in [0.25, 0.3) is 11.6 Å². The van der Waals surface area contributed by atoms with Gasteiger partial charge in [-0.3, -0.25) is 14.9 Å². The van der Waals surface area contributed by atoms with Crippen LogP contribution in [0.3, 0.4) is 0 Å². The van der Waals surface area contributed by atoms with Crippen molar-refractivity contribution in [1.82, 2.24) is 29.9 Å². The molecule has 0 aliphatic heterocycles. The number of nitrogens with zero attached hydrogens (tertiary/aromatic N) is 6.